The molecule has 1 aromatic carbocycles. The van der Waals surface area contributed by atoms with Crippen LogP contribution in [0.2, 0.25) is 0 Å². The zero-order valence-electron chi connectivity index (χ0n) is 12.5. The summed E-state index contributed by atoms with van der Waals surface area (Å²) in [7, 11) is 0. The summed E-state index contributed by atoms with van der Waals surface area (Å²) in [6.45, 7) is 1.72. The van der Waals surface area contributed by atoms with Crippen molar-refractivity contribution in [3.63, 3.8) is 0 Å². The monoisotopic (exact) mass is 358 g/mol. The van der Waals surface area contributed by atoms with Gasteiger partial charge in [0, 0.05) is 22.3 Å². The van der Waals surface area contributed by atoms with Crippen LogP contribution in [0.3, 0.4) is 0 Å². The molecule has 0 bridgehead atoms. The van der Waals surface area contributed by atoms with E-state index in [0.29, 0.717) is 0 Å². The lowest BCUT2D eigenvalue weighted by molar-refractivity contribution is -0.365. The van der Waals surface area contributed by atoms with Crippen LogP contribution in [0.5, 0.6) is 0 Å². The van der Waals surface area contributed by atoms with Gasteiger partial charge in [-0.25, -0.2) is 5.10 Å². The van der Waals surface area contributed by atoms with Gasteiger partial charge in [0.1, 0.15) is 0 Å². The van der Waals surface area contributed by atoms with E-state index in [2.05, 4.69) is 10.2 Å². The molecule has 1 aliphatic heterocycles. The van der Waals surface area contributed by atoms with E-state index in [1.807, 2.05) is 0 Å². The Morgan fingerprint density at radius 1 is 1.25 bits per heavy atom. The smallest absolute Gasteiger partial charge is 0.323 e. The molecule has 0 spiro atoms. The van der Waals surface area contributed by atoms with Crippen molar-refractivity contribution in [1.29, 1.82) is 0 Å². The molecule has 0 atom stereocenters. The molecule has 2 aromatic rings. The average Bonchev–Trinajstić information content (AvgIpc) is 2.50. The van der Waals surface area contributed by atoms with Gasteiger partial charge in [-0.2, -0.15) is 18.3 Å². The first-order valence-corrected chi connectivity index (χ1v) is 8.02. The minimum Gasteiger partial charge on any atom is -0.323 e. The number of ether oxygens (including phenoxy) is 2. The number of thioether (sulfide) groups is 1. The molecule has 0 amide bonds. The lowest BCUT2D eigenvalue weighted by atomic mass is 10.1. The number of nitrogens with zero attached hydrogens (tertiary/aromatic N) is 1. The number of benzene rings is 1. The van der Waals surface area contributed by atoms with Crippen LogP contribution in [0.4, 0.5) is 13.2 Å². The number of hydrogen-bond acceptors (Lipinski definition) is 5. The number of halogens is 3. The second-order valence-electron chi connectivity index (χ2n) is 5.10. The lowest BCUT2D eigenvalue weighted by Gasteiger charge is -2.33. The molecule has 1 aliphatic rings. The van der Waals surface area contributed by atoms with Crippen LogP contribution in [-0.4, -0.2) is 28.5 Å². The Morgan fingerprint density at radius 2 is 2.00 bits per heavy atom. The van der Waals surface area contributed by atoms with Gasteiger partial charge in [0.15, 0.2) is 12.6 Å². The van der Waals surface area contributed by atoms with Crippen LogP contribution in [0.1, 0.15) is 12.5 Å². The van der Waals surface area contributed by atoms with Gasteiger partial charge in [-0.3, -0.25) is 4.79 Å². The van der Waals surface area contributed by atoms with Gasteiger partial charge in [0.25, 0.3) is 5.56 Å². The van der Waals surface area contributed by atoms with Gasteiger partial charge < -0.3 is 9.47 Å². The molecule has 0 unspecified atom stereocenters. The van der Waals surface area contributed by atoms with Crippen molar-refractivity contribution in [2.24, 2.45) is 0 Å². The lowest BCUT2D eigenvalue weighted by Crippen LogP contribution is -2.40. The molecule has 5 nitrogen and oxygen atoms in total. The predicted octanol–water partition coefficient (Wildman–Crippen LogP) is 3.27. The molecule has 1 N–H and O–H groups in total. The number of alkyl halides is 3. The SMILES string of the molecule is CC1OC(CSc2ccc(-c3ccc(=O)[nH]n3)cc2C(F)(F)F)O1. The van der Waals surface area contributed by atoms with Crippen LogP contribution in [0, 0.1) is 0 Å². The number of aromatic nitrogens is 2. The van der Waals surface area contributed by atoms with Crippen LogP contribution in [-0.2, 0) is 15.7 Å². The number of aromatic amines is 1. The van der Waals surface area contributed by atoms with E-state index in [1.54, 1.807) is 6.92 Å². The zero-order chi connectivity index (χ0) is 17.3. The van der Waals surface area contributed by atoms with Gasteiger partial charge in [0.05, 0.1) is 11.3 Å². The highest BCUT2D eigenvalue weighted by atomic mass is 32.2. The third kappa shape index (κ3) is 3.80. The van der Waals surface area contributed by atoms with Crippen molar-refractivity contribution in [3.8, 4) is 11.3 Å². The van der Waals surface area contributed by atoms with Crippen molar-refractivity contribution < 1.29 is 22.6 Å². The molecule has 9 heteroatoms. The minimum absolute atomic E-state index is 0.0856. The number of nitrogens with one attached hydrogen (secondary N) is 1. The third-order valence-electron chi connectivity index (χ3n) is 3.32. The Balaban J connectivity index is 1.86. The number of hydrogen-bond donors (Lipinski definition) is 1. The highest BCUT2D eigenvalue weighted by Gasteiger charge is 2.35. The zero-order valence-corrected chi connectivity index (χ0v) is 13.3. The van der Waals surface area contributed by atoms with E-state index < -0.39 is 23.6 Å². The van der Waals surface area contributed by atoms with E-state index in [0.717, 1.165) is 17.8 Å². The summed E-state index contributed by atoms with van der Waals surface area (Å²) < 4.78 is 50.5. The maximum Gasteiger partial charge on any atom is 0.417 e. The quantitative estimate of drug-likeness (QED) is 0.850. The summed E-state index contributed by atoms with van der Waals surface area (Å²) in [4.78, 5) is 11.1. The molecular weight excluding hydrogens is 345 g/mol. The fourth-order valence-electron chi connectivity index (χ4n) is 2.22. The molecule has 0 radical (unpaired) electrons. The number of rotatable bonds is 4. The van der Waals surface area contributed by atoms with Crippen molar-refractivity contribution in [2.75, 3.05) is 5.75 Å². The standard InChI is InChI=1S/C15H13F3N2O3S/c1-8-22-14(23-8)7-24-12-4-2-9(6-10(12)15(16,17)18)11-3-5-13(21)20-19-11/h2-6,8,14H,7H2,1H3,(H,20,21). The summed E-state index contributed by atoms with van der Waals surface area (Å²) in [6.07, 6.45) is -5.31. The molecule has 128 valence electrons. The Bertz CT molecular complexity index is 768. The first-order chi connectivity index (χ1) is 11.3. The van der Waals surface area contributed by atoms with Crippen LogP contribution in [0.15, 0.2) is 40.0 Å². The molecule has 24 heavy (non-hydrogen) atoms. The summed E-state index contributed by atoms with van der Waals surface area (Å²) in [5.74, 6) is 0.268. The molecular formula is C15H13F3N2O3S. The fourth-order valence-corrected chi connectivity index (χ4v) is 3.18. The summed E-state index contributed by atoms with van der Waals surface area (Å²) in [5.41, 5.74) is -0.647. The Kier molecular flexibility index (Phi) is 4.66. The topological polar surface area (TPSA) is 64.2 Å². The Labute approximate surface area is 139 Å². The minimum atomic E-state index is -4.50. The van der Waals surface area contributed by atoms with E-state index in [-0.39, 0.29) is 28.2 Å². The predicted molar refractivity (Wildman–Crippen MR) is 81.4 cm³/mol. The van der Waals surface area contributed by atoms with Crippen LogP contribution in [0.25, 0.3) is 11.3 Å². The average molecular weight is 358 g/mol. The molecule has 0 aliphatic carbocycles. The Morgan fingerprint density at radius 3 is 2.58 bits per heavy atom. The van der Waals surface area contributed by atoms with Gasteiger partial charge in [-0.1, -0.05) is 6.07 Å². The first-order valence-electron chi connectivity index (χ1n) is 7.04. The highest BCUT2D eigenvalue weighted by Crippen LogP contribution is 2.39. The molecule has 2 heterocycles. The maximum absolute atomic E-state index is 13.3. The molecule has 1 aromatic heterocycles. The second kappa shape index (κ2) is 6.58. The van der Waals surface area contributed by atoms with Crippen molar-refractivity contribution in [2.45, 2.75) is 30.6 Å². The van der Waals surface area contributed by atoms with E-state index in [1.165, 1.54) is 24.3 Å². The van der Waals surface area contributed by atoms with Gasteiger partial charge >= 0.3 is 6.18 Å². The maximum atomic E-state index is 13.3. The van der Waals surface area contributed by atoms with E-state index in [4.69, 9.17) is 9.47 Å². The number of H-pyrrole nitrogens is 1. The summed E-state index contributed by atoms with van der Waals surface area (Å²) in [6, 6.07) is 6.53. The molecule has 1 fully saturated rings. The van der Waals surface area contributed by atoms with E-state index >= 15 is 0 Å². The van der Waals surface area contributed by atoms with Crippen LogP contribution >= 0.6 is 11.8 Å². The second-order valence-corrected chi connectivity index (χ2v) is 6.16. The normalized spacial score (nSPS) is 20.7. The van der Waals surface area contributed by atoms with Crippen LogP contribution < -0.4 is 5.56 Å². The summed E-state index contributed by atoms with van der Waals surface area (Å²) >= 11 is 1.02. The van der Waals surface area contributed by atoms with Crippen molar-refractivity contribution >= 4 is 11.8 Å². The summed E-state index contributed by atoms with van der Waals surface area (Å²) in [5, 5.41) is 5.96. The first kappa shape index (κ1) is 17.0. The van der Waals surface area contributed by atoms with Gasteiger partial charge in [0.2, 0.25) is 0 Å². The third-order valence-corrected chi connectivity index (χ3v) is 4.43. The van der Waals surface area contributed by atoms with Gasteiger partial charge in [-0.05, 0) is 25.1 Å². The van der Waals surface area contributed by atoms with E-state index in [9.17, 15) is 18.0 Å². The highest BCUT2D eigenvalue weighted by molar-refractivity contribution is 7.99. The molecule has 1 saturated heterocycles. The fraction of sp³-hybridized carbons (Fsp3) is 0.333. The van der Waals surface area contributed by atoms with Gasteiger partial charge in [-0.15, -0.1) is 11.8 Å². The van der Waals surface area contributed by atoms with Crippen molar-refractivity contribution in [1.82, 2.24) is 10.2 Å². The molecule has 3 rings (SSSR count). The van der Waals surface area contributed by atoms with Crippen molar-refractivity contribution in [3.05, 3.63) is 46.2 Å². The largest absolute Gasteiger partial charge is 0.417 e. The Hall–Kier alpha value is -1.84. The molecule has 0 saturated carbocycles.